The van der Waals surface area contributed by atoms with Gasteiger partial charge in [-0.3, -0.25) is 0 Å². The van der Waals surface area contributed by atoms with Crippen molar-refractivity contribution in [2.24, 2.45) is 0 Å². The van der Waals surface area contributed by atoms with Crippen molar-refractivity contribution < 1.29 is 20.1 Å². The zero-order valence-electron chi connectivity index (χ0n) is 11.1. The lowest BCUT2D eigenvalue weighted by Gasteiger charge is -2.22. The van der Waals surface area contributed by atoms with Gasteiger partial charge < -0.3 is 15.3 Å². The van der Waals surface area contributed by atoms with Gasteiger partial charge in [0.05, 0.1) is 0 Å². The minimum Gasteiger partial charge on any atom is -0.504 e. The van der Waals surface area contributed by atoms with Gasteiger partial charge >= 0.3 is 5.97 Å². The van der Waals surface area contributed by atoms with E-state index in [9.17, 15) is 20.1 Å². The smallest absolute Gasteiger partial charge is 0.340 e. The molecule has 0 radical (unpaired) electrons. The van der Waals surface area contributed by atoms with E-state index in [1.54, 1.807) is 6.07 Å². The van der Waals surface area contributed by atoms with Gasteiger partial charge in [-0.1, -0.05) is 39.0 Å². The van der Waals surface area contributed by atoms with Crippen molar-refractivity contribution in [3.05, 3.63) is 35.4 Å². The predicted octanol–water partition coefficient (Wildman–Crippen LogP) is 3.25. The first-order chi connectivity index (χ1) is 8.73. The number of hydrogen-bond donors (Lipinski definition) is 3. The molecule has 2 aromatic carbocycles. The van der Waals surface area contributed by atoms with Gasteiger partial charge in [0.1, 0.15) is 5.56 Å². The first kappa shape index (κ1) is 13.2. The first-order valence-corrected chi connectivity index (χ1v) is 5.95. The molecule has 4 heteroatoms. The molecule has 2 rings (SSSR count). The SMILES string of the molecule is CC(C)(C)c1cccc2cc(O)c(O)c(C(=O)O)c12. The molecular formula is C15H16O4. The minimum absolute atomic E-state index is 0.250. The Morgan fingerprint density at radius 2 is 1.79 bits per heavy atom. The Morgan fingerprint density at radius 3 is 2.32 bits per heavy atom. The zero-order chi connectivity index (χ0) is 14.4. The molecule has 0 spiro atoms. The molecule has 0 fully saturated rings. The predicted molar refractivity (Wildman–Crippen MR) is 72.9 cm³/mol. The quantitative estimate of drug-likeness (QED) is 0.688. The van der Waals surface area contributed by atoms with Crippen molar-refractivity contribution in [1.82, 2.24) is 0 Å². The molecule has 0 saturated heterocycles. The Labute approximate surface area is 110 Å². The van der Waals surface area contributed by atoms with E-state index < -0.39 is 17.5 Å². The number of benzene rings is 2. The van der Waals surface area contributed by atoms with Gasteiger partial charge in [0.2, 0.25) is 0 Å². The highest BCUT2D eigenvalue weighted by atomic mass is 16.4. The van der Waals surface area contributed by atoms with Crippen LogP contribution < -0.4 is 0 Å². The molecule has 0 unspecified atom stereocenters. The molecule has 4 nitrogen and oxygen atoms in total. The van der Waals surface area contributed by atoms with Crippen LogP contribution in [0.3, 0.4) is 0 Å². The third-order valence-electron chi connectivity index (χ3n) is 3.14. The number of carboxylic acid groups (broad SMARTS) is 1. The normalized spacial score (nSPS) is 11.7. The number of carboxylic acids is 1. The van der Waals surface area contributed by atoms with Crippen LogP contribution in [0.1, 0.15) is 36.7 Å². The summed E-state index contributed by atoms with van der Waals surface area (Å²) in [6, 6.07) is 6.75. The summed E-state index contributed by atoms with van der Waals surface area (Å²) in [7, 11) is 0. The maximum Gasteiger partial charge on any atom is 0.340 e. The molecule has 0 atom stereocenters. The average Bonchev–Trinajstić information content (AvgIpc) is 2.28. The molecule has 100 valence electrons. The van der Waals surface area contributed by atoms with Crippen LogP contribution in [0, 0.1) is 0 Å². The van der Waals surface area contributed by atoms with E-state index >= 15 is 0 Å². The molecule has 0 aliphatic heterocycles. The Morgan fingerprint density at radius 1 is 1.16 bits per heavy atom. The summed E-state index contributed by atoms with van der Waals surface area (Å²) in [5, 5.41) is 29.8. The monoisotopic (exact) mass is 260 g/mol. The topological polar surface area (TPSA) is 77.8 Å². The second-order valence-electron chi connectivity index (χ2n) is 5.58. The van der Waals surface area contributed by atoms with Crippen molar-refractivity contribution in [3.63, 3.8) is 0 Å². The summed E-state index contributed by atoms with van der Waals surface area (Å²) < 4.78 is 0. The number of aromatic hydroxyl groups is 2. The molecule has 2 aromatic rings. The summed E-state index contributed by atoms with van der Waals surface area (Å²) in [4.78, 5) is 11.4. The van der Waals surface area contributed by atoms with E-state index in [4.69, 9.17) is 0 Å². The molecule has 0 bridgehead atoms. The molecule has 0 heterocycles. The highest BCUT2D eigenvalue weighted by molar-refractivity contribution is 6.09. The maximum atomic E-state index is 11.4. The molecular weight excluding hydrogens is 244 g/mol. The highest BCUT2D eigenvalue weighted by Gasteiger charge is 2.24. The third kappa shape index (κ3) is 2.10. The fraction of sp³-hybridized carbons (Fsp3) is 0.267. The van der Waals surface area contributed by atoms with Crippen molar-refractivity contribution in [1.29, 1.82) is 0 Å². The van der Waals surface area contributed by atoms with E-state index in [1.807, 2.05) is 32.9 Å². The summed E-state index contributed by atoms with van der Waals surface area (Å²) in [5.74, 6) is -2.26. The van der Waals surface area contributed by atoms with Crippen LogP contribution in [0.5, 0.6) is 11.5 Å². The molecule has 19 heavy (non-hydrogen) atoms. The Kier molecular flexibility index (Phi) is 2.89. The Balaban J connectivity index is 3.03. The van der Waals surface area contributed by atoms with Crippen LogP contribution in [0.25, 0.3) is 10.8 Å². The second-order valence-corrected chi connectivity index (χ2v) is 5.58. The van der Waals surface area contributed by atoms with E-state index in [0.29, 0.717) is 10.8 Å². The van der Waals surface area contributed by atoms with Crippen molar-refractivity contribution in [2.45, 2.75) is 26.2 Å². The van der Waals surface area contributed by atoms with E-state index in [2.05, 4.69) is 0 Å². The van der Waals surface area contributed by atoms with Crippen LogP contribution in [0.4, 0.5) is 0 Å². The van der Waals surface area contributed by atoms with E-state index in [0.717, 1.165) is 5.56 Å². The Hall–Kier alpha value is -2.23. The molecule has 0 aromatic heterocycles. The van der Waals surface area contributed by atoms with Crippen LogP contribution in [-0.4, -0.2) is 21.3 Å². The molecule has 0 saturated carbocycles. The third-order valence-corrected chi connectivity index (χ3v) is 3.14. The zero-order valence-corrected chi connectivity index (χ0v) is 11.1. The standard InChI is InChI=1S/C15H16O4/c1-15(2,3)9-6-4-5-8-7-10(16)13(17)12(11(8)9)14(18)19/h4-7,16-17H,1-3H3,(H,18,19). The van der Waals surface area contributed by atoms with Crippen LogP contribution in [-0.2, 0) is 5.41 Å². The van der Waals surface area contributed by atoms with Gasteiger partial charge in [0.25, 0.3) is 0 Å². The second kappa shape index (κ2) is 4.16. The van der Waals surface area contributed by atoms with Gasteiger partial charge in [-0.05, 0) is 22.4 Å². The van der Waals surface area contributed by atoms with Gasteiger partial charge in [-0.15, -0.1) is 0 Å². The lowest BCUT2D eigenvalue weighted by molar-refractivity contribution is 0.0695. The first-order valence-electron chi connectivity index (χ1n) is 5.95. The Bertz CT molecular complexity index is 666. The molecule has 0 aliphatic carbocycles. The van der Waals surface area contributed by atoms with Crippen LogP contribution in [0.2, 0.25) is 0 Å². The largest absolute Gasteiger partial charge is 0.504 e. The van der Waals surface area contributed by atoms with Crippen molar-refractivity contribution in [2.75, 3.05) is 0 Å². The number of phenolic OH excluding ortho intramolecular Hbond substituents is 1. The summed E-state index contributed by atoms with van der Waals surface area (Å²) in [5.41, 5.74) is 0.297. The van der Waals surface area contributed by atoms with E-state index in [-0.39, 0.29) is 11.0 Å². The summed E-state index contributed by atoms with van der Waals surface area (Å²) >= 11 is 0. The van der Waals surface area contributed by atoms with Crippen molar-refractivity contribution >= 4 is 16.7 Å². The number of phenols is 2. The average molecular weight is 260 g/mol. The molecule has 0 amide bonds. The highest BCUT2D eigenvalue weighted by Crippen LogP contribution is 2.40. The number of carbonyl (C=O) groups is 1. The van der Waals surface area contributed by atoms with Gasteiger partial charge in [-0.25, -0.2) is 4.79 Å². The molecule has 3 N–H and O–H groups in total. The number of aromatic carboxylic acids is 1. The number of fused-ring (bicyclic) bond motifs is 1. The lowest BCUT2D eigenvalue weighted by Crippen LogP contribution is -2.13. The lowest BCUT2D eigenvalue weighted by atomic mass is 9.82. The number of rotatable bonds is 1. The fourth-order valence-corrected chi connectivity index (χ4v) is 2.26. The van der Waals surface area contributed by atoms with Gasteiger partial charge in [0, 0.05) is 5.39 Å². The van der Waals surface area contributed by atoms with Crippen molar-refractivity contribution in [3.8, 4) is 11.5 Å². The summed E-state index contributed by atoms with van der Waals surface area (Å²) in [6.07, 6.45) is 0. The molecule has 0 aliphatic rings. The maximum absolute atomic E-state index is 11.4. The van der Waals surface area contributed by atoms with Gasteiger partial charge in [0.15, 0.2) is 11.5 Å². The fourth-order valence-electron chi connectivity index (χ4n) is 2.26. The van der Waals surface area contributed by atoms with Gasteiger partial charge in [-0.2, -0.15) is 0 Å². The minimum atomic E-state index is -1.25. The van der Waals surface area contributed by atoms with Crippen LogP contribution >= 0.6 is 0 Å². The van der Waals surface area contributed by atoms with E-state index in [1.165, 1.54) is 6.07 Å². The summed E-state index contributed by atoms with van der Waals surface area (Å²) in [6.45, 7) is 5.91. The number of hydrogen-bond acceptors (Lipinski definition) is 3. The van der Waals surface area contributed by atoms with Crippen LogP contribution in [0.15, 0.2) is 24.3 Å².